The summed E-state index contributed by atoms with van der Waals surface area (Å²) >= 11 is 0. The number of carboxylic acids is 1. The van der Waals surface area contributed by atoms with Crippen LogP contribution in [0.25, 0.3) is 10.9 Å². The third kappa shape index (κ3) is 5.16. The Morgan fingerprint density at radius 3 is 2.56 bits per heavy atom. The third-order valence-corrected chi connectivity index (χ3v) is 5.25. The third-order valence-electron chi connectivity index (χ3n) is 5.25. The molecule has 0 radical (unpaired) electrons. The number of carboxylic acid groups (broad SMARTS) is 1. The Bertz CT molecular complexity index is 1270. The number of nitrogens with zero attached hydrogens (tertiary/aromatic N) is 2. The first kappa shape index (κ1) is 21.2. The van der Waals surface area contributed by atoms with Gasteiger partial charge in [0, 0.05) is 17.1 Å². The summed E-state index contributed by atoms with van der Waals surface area (Å²) in [6.45, 7) is 2.85. The van der Waals surface area contributed by atoms with Crippen LogP contribution >= 0.6 is 0 Å². The molecule has 160 valence electrons. The van der Waals surface area contributed by atoms with Gasteiger partial charge < -0.3 is 9.84 Å². The summed E-state index contributed by atoms with van der Waals surface area (Å²) in [7, 11) is 0. The fourth-order valence-electron chi connectivity index (χ4n) is 3.69. The largest absolute Gasteiger partial charge is 0.489 e. The number of hydrogen-bond donors (Lipinski definition) is 1. The van der Waals surface area contributed by atoms with E-state index in [1.807, 2.05) is 65.3 Å². The molecule has 0 bridgehead atoms. The van der Waals surface area contributed by atoms with Crippen LogP contribution in [0.5, 0.6) is 5.75 Å². The average Bonchev–Trinajstić information content (AvgIpc) is 3.21. The molecule has 1 heterocycles. The average molecular weight is 425 g/mol. The molecule has 0 aliphatic carbocycles. The Morgan fingerprint density at radius 2 is 1.84 bits per heavy atom. The molecule has 1 N–H and O–H groups in total. The maximum absolute atomic E-state index is 11.1. The van der Waals surface area contributed by atoms with E-state index >= 15 is 0 Å². The van der Waals surface area contributed by atoms with E-state index in [-0.39, 0.29) is 12.3 Å². The monoisotopic (exact) mass is 424 g/mol. The molecule has 0 spiro atoms. The molecular weight excluding hydrogens is 400 g/mol. The number of fused-ring (bicyclic) bond motifs is 1. The summed E-state index contributed by atoms with van der Waals surface area (Å²) in [6.07, 6.45) is 2.04. The number of ether oxygens (including phenoxy) is 1. The Hall–Kier alpha value is -4.04. The van der Waals surface area contributed by atoms with Crippen LogP contribution in [-0.2, 0) is 17.9 Å². The number of hydrogen-bond acceptors (Lipinski definition) is 3. The summed E-state index contributed by atoms with van der Waals surface area (Å²) in [5, 5.41) is 14.9. The van der Waals surface area contributed by atoms with E-state index in [0.717, 1.165) is 34.3 Å². The van der Waals surface area contributed by atoms with Gasteiger partial charge in [0.15, 0.2) is 0 Å². The van der Waals surface area contributed by atoms with Crippen LogP contribution in [0, 0.1) is 11.8 Å². The zero-order chi connectivity index (χ0) is 22.3. The van der Waals surface area contributed by atoms with Crippen molar-refractivity contribution in [2.24, 2.45) is 0 Å². The van der Waals surface area contributed by atoms with Gasteiger partial charge in [-0.15, -0.1) is 5.92 Å². The fourth-order valence-corrected chi connectivity index (χ4v) is 3.69. The molecular formula is C27H24N2O3. The van der Waals surface area contributed by atoms with E-state index in [1.54, 1.807) is 6.92 Å². The molecule has 5 heteroatoms. The highest BCUT2D eigenvalue weighted by Crippen LogP contribution is 2.24. The van der Waals surface area contributed by atoms with Crippen molar-refractivity contribution in [2.45, 2.75) is 32.4 Å². The maximum Gasteiger partial charge on any atom is 0.304 e. The molecule has 4 aromatic rings. The van der Waals surface area contributed by atoms with E-state index in [9.17, 15) is 4.79 Å². The number of aromatic nitrogens is 2. The molecule has 0 amide bonds. The van der Waals surface area contributed by atoms with Crippen LogP contribution in [0.4, 0.5) is 0 Å². The molecule has 0 aliphatic heterocycles. The van der Waals surface area contributed by atoms with Crippen LogP contribution in [0.3, 0.4) is 0 Å². The summed E-state index contributed by atoms with van der Waals surface area (Å²) in [6, 6.07) is 23.8. The van der Waals surface area contributed by atoms with Crippen LogP contribution in [0.2, 0.25) is 0 Å². The van der Waals surface area contributed by atoms with Gasteiger partial charge in [-0.1, -0.05) is 60.5 Å². The van der Waals surface area contributed by atoms with Crippen LogP contribution in [0.15, 0.2) is 79.0 Å². The van der Waals surface area contributed by atoms with Gasteiger partial charge in [-0.25, -0.2) is 0 Å². The van der Waals surface area contributed by atoms with E-state index < -0.39 is 5.97 Å². The summed E-state index contributed by atoms with van der Waals surface area (Å²) in [5.74, 6) is 5.32. The number of rotatable bonds is 8. The van der Waals surface area contributed by atoms with Crippen molar-refractivity contribution in [3.05, 3.63) is 95.7 Å². The molecule has 5 nitrogen and oxygen atoms in total. The zero-order valence-electron chi connectivity index (χ0n) is 17.9. The molecule has 1 aromatic heterocycles. The highest BCUT2D eigenvalue weighted by Gasteiger charge is 2.13. The molecule has 3 aromatic carbocycles. The van der Waals surface area contributed by atoms with Crippen molar-refractivity contribution in [2.75, 3.05) is 0 Å². The van der Waals surface area contributed by atoms with Gasteiger partial charge in [-0.2, -0.15) is 5.10 Å². The highest BCUT2D eigenvalue weighted by atomic mass is 16.5. The molecule has 0 saturated heterocycles. The molecule has 0 saturated carbocycles. The number of benzene rings is 3. The van der Waals surface area contributed by atoms with E-state index in [0.29, 0.717) is 6.61 Å². The summed E-state index contributed by atoms with van der Waals surface area (Å²) in [5.41, 5.74) is 4.07. The lowest BCUT2D eigenvalue weighted by molar-refractivity contribution is -0.137. The second-order valence-corrected chi connectivity index (χ2v) is 7.56. The van der Waals surface area contributed by atoms with Crippen LogP contribution in [-0.4, -0.2) is 20.9 Å². The van der Waals surface area contributed by atoms with Gasteiger partial charge in [0.25, 0.3) is 0 Å². The van der Waals surface area contributed by atoms with Crippen molar-refractivity contribution < 1.29 is 14.6 Å². The highest BCUT2D eigenvalue weighted by molar-refractivity contribution is 5.81. The topological polar surface area (TPSA) is 64.3 Å². The number of carbonyl (C=O) groups is 1. The Labute approximate surface area is 187 Å². The SMILES string of the molecule is CC#CC(CC(=O)O)c1ccc(OCc2cccc3nn(Cc4ccccc4)cc23)cc1. The quantitative estimate of drug-likeness (QED) is 0.393. The summed E-state index contributed by atoms with van der Waals surface area (Å²) in [4.78, 5) is 11.1. The minimum Gasteiger partial charge on any atom is -0.489 e. The van der Waals surface area contributed by atoms with E-state index in [4.69, 9.17) is 14.9 Å². The molecule has 0 aliphatic rings. The van der Waals surface area contributed by atoms with Crippen molar-refractivity contribution >= 4 is 16.9 Å². The number of aliphatic carboxylic acids is 1. The van der Waals surface area contributed by atoms with Gasteiger partial charge in [-0.05, 0) is 36.2 Å². The van der Waals surface area contributed by atoms with E-state index in [1.165, 1.54) is 5.56 Å². The Kier molecular flexibility index (Phi) is 6.52. The van der Waals surface area contributed by atoms with Crippen molar-refractivity contribution in [3.8, 4) is 17.6 Å². The standard InChI is InChI=1S/C27H24N2O3/c1-2-7-22(16-27(30)31)21-12-14-24(15-13-21)32-19-23-10-6-11-26-25(23)18-29(28-26)17-20-8-4-3-5-9-20/h3-6,8-15,18,22H,16-17,19H2,1H3,(H,30,31). The van der Waals surface area contributed by atoms with Gasteiger partial charge >= 0.3 is 5.97 Å². The Morgan fingerprint density at radius 1 is 1.06 bits per heavy atom. The second kappa shape index (κ2) is 9.84. The van der Waals surface area contributed by atoms with Gasteiger partial charge in [0.2, 0.25) is 0 Å². The molecule has 1 unspecified atom stereocenters. The van der Waals surface area contributed by atoms with Crippen molar-refractivity contribution in [1.29, 1.82) is 0 Å². The molecule has 1 atom stereocenters. The first-order valence-corrected chi connectivity index (χ1v) is 10.5. The molecule has 4 rings (SSSR count). The lowest BCUT2D eigenvalue weighted by Gasteiger charge is -2.11. The normalized spacial score (nSPS) is 11.5. The fraction of sp³-hybridized carbons (Fsp3) is 0.185. The smallest absolute Gasteiger partial charge is 0.304 e. The van der Waals surface area contributed by atoms with Gasteiger partial charge in [0.05, 0.1) is 24.4 Å². The van der Waals surface area contributed by atoms with Gasteiger partial charge in [0.1, 0.15) is 12.4 Å². The van der Waals surface area contributed by atoms with Crippen LogP contribution < -0.4 is 4.74 Å². The van der Waals surface area contributed by atoms with Gasteiger partial charge in [-0.3, -0.25) is 9.48 Å². The maximum atomic E-state index is 11.1. The first-order chi connectivity index (χ1) is 15.6. The molecule has 32 heavy (non-hydrogen) atoms. The predicted molar refractivity (Wildman–Crippen MR) is 124 cm³/mol. The predicted octanol–water partition coefficient (Wildman–Crippen LogP) is 5.25. The van der Waals surface area contributed by atoms with Crippen LogP contribution in [0.1, 0.15) is 36.0 Å². The van der Waals surface area contributed by atoms with Crippen molar-refractivity contribution in [3.63, 3.8) is 0 Å². The Balaban J connectivity index is 1.46. The first-order valence-electron chi connectivity index (χ1n) is 10.5. The second-order valence-electron chi connectivity index (χ2n) is 7.56. The minimum atomic E-state index is -0.862. The van der Waals surface area contributed by atoms with Crippen molar-refractivity contribution in [1.82, 2.24) is 9.78 Å². The zero-order valence-corrected chi connectivity index (χ0v) is 17.9. The lowest BCUT2D eigenvalue weighted by Crippen LogP contribution is -2.04. The lowest BCUT2D eigenvalue weighted by atomic mass is 9.96. The summed E-state index contributed by atoms with van der Waals surface area (Å²) < 4.78 is 7.97. The minimum absolute atomic E-state index is 0.0178. The van der Waals surface area contributed by atoms with E-state index in [2.05, 4.69) is 30.2 Å². The molecule has 0 fully saturated rings.